The summed E-state index contributed by atoms with van der Waals surface area (Å²) in [6.45, 7) is 4.27. The lowest BCUT2D eigenvalue weighted by Crippen LogP contribution is -2.24. The molecule has 2 rings (SSSR count). The van der Waals surface area contributed by atoms with Crippen LogP contribution in [-0.2, 0) is 0 Å². The number of para-hydroxylation sites is 1. The maximum Gasteiger partial charge on any atom is 0.128 e. The van der Waals surface area contributed by atoms with Gasteiger partial charge < -0.3 is 9.94 Å². The van der Waals surface area contributed by atoms with Gasteiger partial charge in [-0.25, -0.2) is 0 Å². The van der Waals surface area contributed by atoms with Gasteiger partial charge in [0.05, 0.1) is 11.8 Å². The zero-order chi connectivity index (χ0) is 13.7. The van der Waals surface area contributed by atoms with E-state index in [1.54, 1.807) is 0 Å². The molecule has 1 N–H and O–H groups in total. The average Bonchev–Trinajstić information content (AvgIpc) is 2.42. The van der Waals surface area contributed by atoms with Crippen LogP contribution in [0.15, 0.2) is 29.4 Å². The van der Waals surface area contributed by atoms with Gasteiger partial charge in [0.25, 0.3) is 0 Å². The Bertz CT molecular complexity index is 442. The number of benzene rings is 1. The summed E-state index contributed by atoms with van der Waals surface area (Å²) in [5.74, 6) is 1.58. The van der Waals surface area contributed by atoms with Crippen LogP contribution in [-0.4, -0.2) is 17.0 Å². The highest BCUT2D eigenvalue weighted by Gasteiger charge is 2.21. The number of oxime groups is 1. The first-order chi connectivity index (χ1) is 9.24. The van der Waals surface area contributed by atoms with Gasteiger partial charge in [0.2, 0.25) is 0 Å². The average molecular weight is 261 g/mol. The van der Waals surface area contributed by atoms with E-state index >= 15 is 0 Å². The summed E-state index contributed by atoms with van der Waals surface area (Å²) in [7, 11) is 0. The maximum atomic E-state index is 9.08. The Morgan fingerprint density at radius 3 is 2.84 bits per heavy atom. The Hall–Kier alpha value is -1.51. The van der Waals surface area contributed by atoms with Crippen LogP contribution in [0.2, 0.25) is 0 Å². The van der Waals surface area contributed by atoms with Crippen molar-refractivity contribution >= 4 is 5.71 Å². The van der Waals surface area contributed by atoms with E-state index in [1.807, 2.05) is 31.2 Å². The van der Waals surface area contributed by atoms with Crippen molar-refractivity contribution in [2.45, 2.75) is 52.1 Å². The van der Waals surface area contributed by atoms with Gasteiger partial charge in [-0.05, 0) is 43.7 Å². The van der Waals surface area contributed by atoms with E-state index in [0.29, 0.717) is 18.2 Å². The molecule has 0 aliphatic heterocycles. The molecule has 1 aromatic rings. The molecule has 1 saturated carbocycles. The summed E-state index contributed by atoms with van der Waals surface area (Å²) in [5.41, 5.74) is 1.59. The van der Waals surface area contributed by atoms with E-state index in [4.69, 9.17) is 9.94 Å². The molecule has 2 unspecified atom stereocenters. The fourth-order valence-electron chi connectivity index (χ4n) is 2.79. The zero-order valence-corrected chi connectivity index (χ0v) is 11.8. The third-order valence-corrected chi connectivity index (χ3v) is 3.84. The van der Waals surface area contributed by atoms with Crippen LogP contribution in [0, 0.1) is 5.92 Å². The van der Waals surface area contributed by atoms with Gasteiger partial charge in [0, 0.05) is 5.56 Å². The van der Waals surface area contributed by atoms with E-state index in [9.17, 15) is 0 Å². The van der Waals surface area contributed by atoms with Crippen molar-refractivity contribution in [3.05, 3.63) is 29.8 Å². The third kappa shape index (κ3) is 3.49. The SMILES string of the molecule is CCC(=NO)c1ccccc1OC1CCCC(C)C1. The number of rotatable bonds is 4. The second-order valence-corrected chi connectivity index (χ2v) is 5.41. The molecule has 0 amide bonds. The van der Waals surface area contributed by atoms with Crippen molar-refractivity contribution in [1.29, 1.82) is 0 Å². The van der Waals surface area contributed by atoms with E-state index in [0.717, 1.165) is 30.1 Å². The van der Waals surface area contributed by atoms with Crippen molar-refractivity contribution in [1.82, 2.24) is 0 Å². The summed E-state index contributed by atoms with van der Waals surface area (Å²) >= 11 is 0. The second kappa shape index (κ2) is 6.60. The molecule has 0 spiro atoms. The van der Waals surface area contributed by atoms with E-state index < -0.39 is 0 Å². The molecule has 1 aliphatic rings. The Labute approximate surface area is 115 Å². The first-order valence-electron chi connectivity index (χ1n) is 7.21. The fraction of sp³-hybridized carbons (Fsp3) is 0.562. The van der Waals surface area contributed by atoms with Gasteiger partial charge in [-0.15, -0.1) is 0 Å². The molecule has 0 aromatic heterocycles. The largest absolute Gasteiger partial charge is 0.490 e. The van der Waals surface area contributed by atoms with E-state index in [2.05, 4.69) is 12.1 Å². The van der Waals surface area contributed by atoms with Gasteiger partial charge in [-0.2, -0.15) is 0 Å². The molecule has 19 heavy (non-hydrogen) atoms. The molecular weight excluding hydrogens is 238 g/mol. The summed E-state index contributed by atoms with van der Waals surface area (Å²) in [6.07, 6.45) is 5.77. The maximum absolute atomic E-state index is 9.08. The molecular formula is C16H23NO2. The van der Waals surface area contributed by atoms with Crippen molar-refractivity contribution in [3.63, 3.8) is 0 Å². The van der Waals surface area contributed by atoms with Gasteiger partial charge >= 0.3 is 0 Å². The van der Waals surface area contributed by atoms with Gasteiger partial charge in [-0.3, -0.25) is 0 Å². The first-order valence-corrected chi connectivity index (χ1v) is 7.21. The molecule has 0 heterocycles. The van der Waals surface area contributed by atoms with Gasteiger partial charge in [0.1, 0.15) is 5.75 Å². The van der Waals surface area contributed by atoms with Crippen molar-refractivity contribution in [2.24, 2.45) is 11.1 Å². The fourth-order valence-corrected chi connectivity index (χ4v) is 2.79. The van der Waals surface area contributed by atoms with Crippen LogP contribution in [0.5, 0.6) is 5.75 Å². The molecule has 3 heteroatoms. The van der Waals surface area contributed by atoms with E-state index in [1.165, 1.54) is 12.8 Å². The molecule has 1 aromatic carbocycles. The number of ether oxygens (including phenoxy) is 1. The van der Waals surface area contributed by atoms with Crippen LogP contribution >= 0.6 is 0 Å². The summed E-state index contributed by atoms with van der Waals surface area (Å²) < 4.78 is 6.15. The number of hydrogen-bond donors (Lipinski definition) is 1. The molecule has 2 atom stereocenters. The molecule has 1 fully saturated rings. The van der Waals surface area contributed by atoms with Crippen LogP contribution in [0.3, 0.4) is 0 Å². The molecule has 1 aliphatic carbocycles. The summed E-state index contributed by atoms with van der Waals surface area (Å²) in [6, 6.07) is 7.85. The normalized spacial score (nSPS) is 24.2. The standard InChI is InChI=1S/C16H23NO2/c1-3-15(17-18)14-9-4-5-10-16(14)19-13-8-6-7-12(2)11-13/h4-5,9-10,12-13,18H,3,6-8,11H2,1-2H3. The van der Waals surface area contributed by atoms with Crippen molar-refractivity contribution in [3.8, 4) is 5.75 Å². The zero-order valence-electron chi connectivity index (χ0n) is 11.8. The number of hydrogen-bond acceptors (Lipinski definition) is 3. The second-order valence-electron chi connectivity index (χ2n) is 5.41. The molecule has 0 bridgehead atoms. The predicted molar refractivity (Wildman–Crippen MR) is 77.1 cm³/mol. The van der Waals surface area contributed by atoms with Crippen molar-refractivity contribution < 1.29 is 9.94 Å². The Morgan fingerprint density at radius 1 is 1.37 bits per heavy atom. The first kappa shape index (κ1) is 13.9. The van der Waals surface area contributed by atoms with Gasteiger partial charge in [0.15, 0.2) is 0 Å². The Morgan fingerprint density at radius 2 is 2.16 bits per heavy atom. The molecule has 3 nitrogen and oxygen atoms in total. The highest BCUT2D eigenvalue weighted by molar-refractivity contribution is 6.02. The third-order valence-electron chi connectivity index (χ3n) is 3.84. The molecule has 104 valence electrons. The van der Waals surface area contributed by atoms with Gasteiger partial charge in [-0.1, -0.05) is 37.6 Å². The summed E-state index contributed by atoms with van der Waals surface area (Å²) in [4.78, 5) is 0. The minimum absolute atomic E-state index is 0.293. The van der Waals surface area contributed by atoms with E-state index in [-0.39, 0.29) is 0 Å². The van der Waals surface area contributed by atoms with Crippen molar-refractivity contribution in [2.75, 3.05) is 0 Å². The topological polar surface area (TPSA) is 41.8 Å². The predicted octanol–water partition coefficient (Wildman–Crippen LogP) is 4.23. The quantitative estimate of drug-likeness (QED) is 0.500. The van der Waals surface area contributed by atoms with Crippen LogP contribution in [0.1, 0.15) is 51.5 Å². The highest BCUT2D eigenvalue weighted by atomic mass is 16.5. The lowest BCUT2D eigenvalue weighted by molar-refractivity contribution is 0.129. The molecule has 0 saturated heterocycles. The minimum atomic E-state index is 0.293. The lowest BCUT2D eigenvalue weighted by Gasteiger charge is -2.28. The lowest BCUT2D eigenvalue weighted by atomic mass is 9.88. The van der Waals surface area contributed by atoms with Crippen LogP contribution in [0.4, 0.5) is 0 Å². The molecule has 0 radical (unpaired) electrons. The van der Waals surface area contributed by atoms with Crippen LogP contribution in [0.25, 0.3) is 0 Å². The Balaban J connectivity index is 2.15. The minimum Gasteiger partial charge on any atom is -0.490 e. The monoisotopic (exact) mass is 261 g/mol. The summed E-state index contributed by atoms with van der Waals surface area (Å²) in [5, 5.41) is 12.5. The van der Waals surface area contributed by atoms with Crippen LogP contribution < -0.4 is 4.74 Å². The number of nitrogens with zero attached hydrogens (tertiary/aromatic N) is 1. The smallest absolute Gasteiger partial charge is 0.128 e. The highest BCUT2D eigenvalue weighted by Crippen LogP contribution is 2.29. The Kier molecular flexibility index (Phi) is 4.83.